The molecule has 5 rings (SSSR count). The Balaban J connectivity index is 1.46. The fraction of sp³-hybridized carbons (Fsp3) is 0.208. The summed E-state index contributed by atoms with van der Waals surface area (Å²) >= 11 is 1.68. The number of fused-ring (bicyclic) bond motifs is 2. The largest absolute Gasteiger partial charge is 0.349 e. The number of aromatic nitrogens is 3. The SMILES string of the molecule is O=c1nc(SCc2cccc3ccccc23)c2c(n1Cc1ccccn1)CCC2. The maximum atomic E-state index is 12.8. The van der Waals surface area contributed by atoms with Crippen molar-refractivity contribution >= 4 is 22.5 Å². The van der Waals surface area contributed by atoms with Gasteiger partial charge in [-0.15, -0.1) is 11.8 Å². The standard InChI is InChI=1S/C24H21N3OS/c28-24-26-23(29-16-18-9-5-8-17-7-1-2-11-20(17)18)21-12-6-13-22(21)27(24)15-19-10-3-4-14-25-19/h1-5,7-11,14H,6,12-13,15-16H2. The number of nitrogens with zero attached hydrogens (tertiary/aromatic N) is 3. The Bertz CT molecular complexity index is 1230. The van der Waals surface area contributed by atoms with Crippen LogP contribution >= 0.6 is 11.8 Å². The molecule has 0 aliphatic heterocycles. The summed E-state index contributed by atoms with van der Waals surface area (Å²) < 4.78 is 1.81. The van der Waals surface area contributed by atoms with Gasteiger partial charge in [-0.3, -0.25) is 9.55 Å². The van der Waals surface area contributed by atoms with Gasteiger partial charge in [-0.1, -0.05) is 48.5 Å². The van der Waals surface area contributed by atoms with Crippen LogP contribution in [0.1, 0.15) is 28.9 Å². The van der Waals surface area contributed by atoms with Crippen LogP contribution in [-0.2, 0) is 25.1 Å². The Morgan fingerprint density at radius 1 is 0.966 bits per heavy atom. The second-order valence-electron chi connectivity index (χ2n) is 7.31. The van der Waals surface area contributed by atoms with Gasteiger partial charge in [0.15, 0.2) is 0 Å². The van der Waals surface area contributed by atoms with Gasteiger partial charge in [0.1, 0.15) is 5.03 Å². The number of pyridine rings is 1. The van der Waals surface area contributed by atoms with Crippen molar-refractivity contribution in [3.63, 3.8) is 0 Å². The number of rotatable bonds is 5. The molecule has 0 spiro atoms. The highest BCUT2D eigenvalue weighted by atomic mass is 32.2. The van der Waals surface area contributed by atoms with Crippen molar-refractivity contribution in [3.05, 3.63) is 99.9 Å². The highest BCUT2D eigenvalue weighted by Crippen LogP contribution is 2.32. The van der Waals surface area contributed by atoms with Gasteiger partial charge in [0, 0.05) is 23.2 Å². The summed E-state index contributed by atoms with van der Waals surface area (Å²) in [5, 5.41) is 3.41. The lowest BCUT2D eigenvalue weighted by Crippen LogP contribution is -2.28. The quantitative estimate of drug-likeness (QED) is 0.363. The lowest BCUT2D eigenvalue weighted by atomic mass is 10.1. The molecule has 29 heavy (non-hydrogen) atoms. The molecule has 0 radical (unpaired) electrons. The van der Waals surface area contributed by atoms with Gasteiger partial charge >= 0.3 is 5.69 Å². The zero-order valence-electron chi connectivity index (χ0n) is 16.0. The van der Waals surface area contributed by atoms with E-state index in [1.165, 1.54) is 21.9 Å². The van der Waals surface area contributed by atoms with Gasteiger partial charge in [-0.05, 0) is 47.7 Å². The third-order valence-corrected chi connectivity index (χ3v) is 6.56. The van der Waals surface area contributed by atoms with Crippen LogP contribution < -0.4 is 5.69 Å². The van der Waals surface area contributed by atoms with Gasteiger partial charge in [-0.25, -0.2) is 4.79 Å². The first-order chi connectivity index (χ1) is 14.3. The molecular formula is C24H21N3OS. The van der Waals surface area contributed by atoms with Crippen molar-refractivity contribution in [3.8, 4) is 0 Å². The van der Waals surface area contributed by atoms with Crippen molar-refractivity contribution < 1.29 is 0 Å². The summed E-state index contributed by atoms with van der Waals surface area (Å²) in [7, 11) is 0. The summed E-state index contributed by atoms with van der Waals surface area (Å²) in [5.74, 6) is 0.810. The van der Waals surface area contributed by atoms with Gasteiger partial charge in [0.2, 0.25) is 0 Å². The number of thioether (sulfide) groups is 1. The molecule has 2 heterocycles. The van der Waals surface area contributed by atoms with E-state index in [1.54, 1.807) is 18.0 Å². The summed E-state index contributed by atoms with van der Waals surface area (Å²) in [5.41, 5.74) is 4.37. The molecule has 1 aliphatic rings. The van der Waals surface area contributed by atoms with E-state index in [-0.39, 0.29) is 5.69 Å². The molecule has 0 saturated heterocycles. The summed E-state index contributed by atoms with van der Waals surface area (Å²) in [6.45, 7) is 0.489. The van der Waals surface area contributed by atoms with Crippen molar-refractivity contribution in [1.29, 1.82) is 0 Å². The van der Waals surface area contributed by atoms with Crippen LogP contribution in [0.25, 0.3) is 10.8 Å². The van der Waals surface area contributed by atoms with Crippen LogP contribution in [0.3, 0.4) is 0 Å². The molecule has 4 aromatic rings. The fourth-order valence-electron chi connectivity index (χ4n) is 4.09. The van der Waals surface area contributed by atoms with Gasteiger partial charge in [-0.2, -0.15) is 4.98 Å². The van der Waals surface area contributed by atoms with Crippen molar-refractivity contribution in [1.82, 2.24) is 14.5 Å². The first kappa shape index (κ1) is 18.1. The minimum atomic E-state index is -0.170. The molecule has 0 amide bonds. The van der Waals surface area contributed by atoms with Crippen LogP contribution in [0, 0.1) is 0 Å². The molecule has 1 aliphatic carbocycles. The highest BCUT2D eigenvalue weighted by molar-refractivity contribution is 7.98. The second-order valence-corrected chi connectivity index (χ2v) is 8.28. The monoisotopic (exact) mass is 399 g/mol. The van der Waals surface area contributed by atoms with Gasteiger partial charge in [0.25, 0.3) is 0 Å². The molecule has 5 heteroatoms. The van der Waals surface area contributed by atoms with Crippen molar-refractivity contribution in [2.24, 2.45) is 0 Å². The fourth-order valence-corrected chi connectivity index (χ4v) is 5.17. The third-order valence-electron chi connectivity index (χ3n) is 5.49. The first-order valence-corrected chi connectivity index (χ1v) is 10.9. The molecule has 0 atom stereocenters. The molecule has 2 aromatic carbocycles. The number of hydrogen-bond acceptors (Lipinski definition) is 4. The summed E-state index contributed by atoms with van der Waals surface area (Å²) in [4.78, 5) is 21.7. The van der Waals surface area contributed by atoms with Crippen molar-refractivity contribution in [2.75, 3.05) is 0 Å². The van der Waals surface area contributed by atoms with Gasteiger partial charge < -0.3 is 0 Å². The third kappa shape index (κ3) is 3.58. The molecule has 4 nitrogen and oxygen atoms in total. The minimum Gasteiger partial charge on any atom is -0.290 e. The highest BCUT2D eigenvalue weighted by Gasteiger charge is 2.22. The zero-order chi connectivity index (χ0) is 19.6. The average Bonchev–Trinajstić information content (AvgIpc) is 3.25. The molecule has 144 valence electrons. The van der Waals surface area contributed by atoms with E-state index in [4.69, 9.17) is 0 Å². The second kappa shape index (κ2) is 7.84. The van der Waals surface area contributed by atoms with E-state index < -0.39 is 0 Å². The molecule has 0 N–H and O–H groups in total. The van der Waals surface area contributed by atoms with E-state index in [0.717, 1.165) is 41.4 Å². The summed E-state index contributed by atoms with van der Waals surface area (Å²) in [6.07, 6.45) is 4.76. The first-order valence-electron chi connectivity index (χ1n) is 9.91. The Kier molecular flexibility index (Phi) is 4.90. The molecule has 0 saturated carbocycles. The number of benzene rings is 2. The average molecular weight is 400 g/mol. The Morgan fingerprint density at radius 2 is 1.83 bits per heavy atom. The van der Waals surface area contributed by atoms with E-state index >= 15 is 0 Å². The zero-order valence-corrected chi connectivity index (χ0v) is 16.9. The molecule has 0 fully saturated rings. The van der Waals surface area contributed by atoms with Crippen LogP contribution in [0.2, 0.25) is 0 Å². The predicted molar refractivity (Wildman–Crippen MR) is 117 cm³/mol. The Morgan fingerprint density at radius 3 is 2.72 bits per heavy atom. The van der Waals surface area contributed by atoms with E-state index in [1.807, 2.05) is 22.8 Å². The Labute approximate surface area is 173 Å². The van der Waals surface area contributed by atoms with Crippen LogP contribution in [0.5, 0.6) is 0 Å². The van der Waals surface area contributed by atoms with Gasteiger partial charge in [0.05, 0.1) is 12.2 Å². The Hall–Kier alpha value is -2.92. The lowest BCUT2D eigenvalue weighted by Gasteiger charge is -2.14. The van der Waals surface area contributed by atoms with Crippen LogP contribution in [-0.4, -0.2) is 14.5 Å². The van der Waals surface area contributed by atoms with E-state index in [2.05, 4.69) is 52.4 Å². The smallest absolute Gasteiger partial charge is 0.290 e. The molecular weight excluding hydrogens is 378 g/mol. The minimum absolute atomic E-state index is 0.170. The normalized spacial score (nSPS) is 13.0. The molecule has 2 aromatic heterocycles. The van der Waals surface area contributed by atoms with Crippen molar-refractivity contribution in [2.45, 2.75) is 36.6 Å². The predicted octanol–water partition coefficient (Wildman–Crippen LogP) is 4.62. The number of hydrogen-bond donors (Lipinski definition) is 0. The topological polar surface area (TPSA) is 47.8 Å². The summed E-state index contributed by atoms with van der Waals surface area (Å²) in [6, 6.07) is 20.6. The van der Waals surface area contributed by atoms with E-state index in [0.29, 0.717) is 6.54 Å². The molecule has 0 bridgehead atoms. The maximum absolute atomic E-state index is 12.8. The van der Waals surface area contributed by atoms with Crippen LogP contribution in [0.4, 0.5) is 0 Å². The lowest BCUT2D eigenvalue weighted by molar-refractivity contribution is 0.656. The molecule has 0 unspecified atom stereocenters. The van der Waals surface area contributed by atoms with Crippen LogP contribution in [0.15, 0.2) is 76.7 Å². The maximum Gasteiger partial charge on any atom is 0.349 e. The van der Waals surface area contributed by atoms with E-state index in [9.17, 15) is 4.79 Å².